The van der Waals surface area contributed by atoms with E-state index in [9.17, 15) is 10.1 Å². The smallest absolute Gasteiger partial charge is 0.258 e. The Morgan fingerprint density at radius 3 is 2.38 bits per heavy atom. The van der Waals surface area contributed by atoms with Gasteiger partial charge in [-0.2, -0.15) is 0 Å². The van der Waals surface area contributed by atoms with Crippen molar-refractivity contribution >= 4 is 41.0 Å². The molecule has 0 saturated carbocycles. The third-order valence-corrected chi connectivity index (χ3v) is 3.67. The van der Waals surface area contributed by atoms with Crippen LogP contribution >= 0.6 is 12.2 Å². The summed E-state index contributed by atoms with van der Waals surface area (Å²) in [6.45, 7) is 0. The van der Waals surface area contributed by atoms with Crippen LogP contribution in [0.2, 0.25) is 0 Å². The van der Waals surface area contributed by atoms with E-state index >= 15 is 0 Å². The van der Waals surface area contributed by atoms with E-state index in [1.54, 1.807) is 17.5 Å². The maximum absolute atomic E-state index is 10.9. The van der Waals surface area contributed by atoms with Crippen molar-refractivity contribution in [3.05, 3.63) is 80.9 Å². The summed E-state index contributed by atoms with van der Waals surface area (Å²) in [6, 6.07) is 12.8. The van der Waals surface area contributed by atoms with Crippen LogP contribution in [-0.2, 0) is 0 Å². The predicted molar refractivity (Wildman–Crippen MR) is 89.2 cm³/mol. The SMILES string of the molecule is O=[N+]([O-])c1ccc2c(c1)/C(=C/c1ccc(C=S)cc1)C=C2. The van der Waals surface area contributed by atoms with Gasteiger partial charge < -0.3 is 0 Å². The molecule has 0 heterocycles. The van der Waals surface area contributed by atoms with E-state index in [-0.39, 0.29) is 10.6 Å². The van der Waals surface area contributed by atoms with E-state index in [0.717, 1.165) is 27.8 Å². The predicted octanol–water partition coefficient (Wildman–Crippen LogP) is 4.51. The summed E-state index contributed by atoms with van der Waals surface area (Å²) in [5.74, 6) is 0. The molecule has 3 rings (SSSR count). The van der Waals surface area contributed by atoms with Crippen LogP contribution in [0.3, 0.4) is 0 Å². The highest BCUT2D eigenvalue weighted by Gasteiger charge is 2.15. The number of fused-ring (bicyclic) bond motifs is 1. The van der Waals surface area contributed by atoms with Gasteiger partial charge in [-0.25, -0.2) is 0 Å². The van der Waals surface area contributed by atoms with Crippen LogP contribution in [0.15, 0.2) is 48.5 Å². The van der Waals surface area contributed by atoms with Gasteiger partial charge in [0.2, 0.25) is 0 Å². The summed E-state index contributed by atoms with van der Waals surface area (Å²) in [5, 5.41) is 12.5. The van der Waals surface area contributed by atoms with E-state index in [4.69, 9.17) is 12.2 Å². The number of nitro benzene ring substituents is 1. The summed E-state index contributed by atoms with van der Waals surface area (Å²) >= 11 is 4.88. The molecule has 1 aliphatic rings. The van der Waals surface area contributed by atoms with E-state index < -0.39 is 0 Å². The molecule has 0 N–H and O–H groups in total. The molecule has 0 amide bonds. The molecule has 102 valence electrons. The van der Waals surface area contributed by atoms with Crippen LogP contribution in [-0.4, -0.2) is 10.3 Å². The fourth-order valence-electron chi connectivity index (χ4n) is 2.30. The van der Waals surface area contributed by atoms with Crippen molar-refractivity contribution in [3.8, 4) is 0 Å². The number of nitro groups is 1. The van der Waals surface area contributed by atoms with Crippen LogP contribution in [0.25, 0.3) is 17.7 Å². The average Bonchev–Trinajstić information content (AvgIpc) is 2.90. The van der Waals surface area contributed by atoms with E-state index in [1.807, 2.05) is 42.5 Å². The number of thiocarbonyl (C=S) groups is 1. The molecule has 0 fully saturated rings. The first-order chi connectivity index (χ1) is 10.2. The first-order valence-electron chi connectivity index (χ1n) is 6.41. The second-order valence-electron chi connectivity index (χ2n) is 4.75. The molecule has 0 atom stereocenters. The standard InChI is InChI=1S/C17H11NO2S/c19-18(20)16-8-7-14-5-6-15(17(14)10-16)9-12-1-3-13(11-21)4-2-12/h1-11H/b15-9+. The Morgan fingerprint density at radius 1 is 1.00 bits per heavy atom. The number of non-ortho nitro benzene ring substituents is 1. The number of allylic oxidation sites excluding steroid dienone is 2. The Morgan fingerprint density at radius 2 is 1.71 bits per heavy atom. The number of rotatable bonds is 3. The molecule has 1 aliphatic carbocycles. The van der Waals surface area contributed by atoms with Crippen molar-refractivity contribution in [2.24, 2.45) is 0 Å². The lowest BCUT2D eigenvalue weighted by molar-refractivity contribution is -0.384. The lowest BCUT2D eigenvalue weighted by atomic mass is 10.0. The Hall–Kier alpha value is -2.59. The van der Waals surface area contributed by atoms with Crippen molar-refractivity contribution in [1.82, 2.24) is 0 Å². The summed E-state index contributed by atoms with van der Waals surface area (Å²) in [4.78, 5) is 10.5. The largest absolute Gasteiger partial charge is 0.270 e. The van der Waals surface area contributed by atoms with E-state index in [1.165, 1.54) is 6.07 Å². The van der Waals surface area contributed by atoms with Gasteiger partial charge in [-0.1, -0.05) is 48.6 Å². The lowest BCUT2D eigenvalue weighted by Gasteiger charge is -2.02. The zero-order valence-electron chi connectivity index (χ0n) is 11.0. The van der Waals surface area contributed by atoms with Gasteiger partial charge in [-0.15, -0.1) is 0 Å². The molecule has 0 saturated heterocycles. The van der Waals surface area contributed by atoms with Gasteiger partial charge in [-0.05, 0) is 40.0 Å². The third-order valence-electron chi connectivity index (χ3n) is 3.40. The fraction of sp³-hybridized carbons (Fsp3) is 0. The number of hydrogen-bond donors (Lipinski definition) is 0. The maximum Gasteiger partial charge on any atom is 0.270 e. The molecular weight excluding hydrogens is 282 g/mol. The summed E-state index contributed by atoms with van der Waals surface area (Å²) in [5.41, 5.74) is 5.01. The molecule has 0 spiro atoms. The van der Waals surface area contributed by atoms with Crippen molar-refractivity contribution in [2.75, 3.05) is 0 Å². The monoisotopic (exact) mass is 293 g/mol. The number of benzene rings is 2. The summed E-state index contributed by atoms with van der Waals surface area (Å²) < 4.78 is 0. The Balaban J connectivity index is 2.00. The molecule has 0 radical (unpaired) electrons. The molecule has 3 nitrogen and oxygen atoms in total. The van der Waals surface area contributed by atoms with Crippen molar-refractivity contribution in [3.63, 3.8) is 0 Å². The average molecular weight is 293 g/mol. The quantitative estimate of drug-likeness (QED) is 0.475. The molecule has 0 aromatic heterocycles. The topological polar surface area (TPSA) is 43.1 Å². The Bertz CT molecular complexity index is 789. The molecule has 0 unspecified atom stereocenters. The molecule has 2 aromatic rings. The first-order valence-corrected chi connectivity index (χ1v) is 6.88. The van der Waals surface area contributed by atoms with Gasteiger partial charge >= 0.3 is 0 Å². The van der Waals surface area contributed by atoms with Gasteiger partial charge in [0.15, 0.2) is 0 Å². The van der Waals surface area contributed by atoms with Gasteiger partial charge in [0.05, 0.1) is 4.92 Å². The fourth-order valence-corrected chi connectivity index (χ4v) is 2.46. The maximum atomic E-state index is 10.9. The van der Waals surface area contributed by atoms with Gasteiger partial charge in [0, 0.05) is 17.5 Å². The minimum Gasteiger partial charge on any atom is -0.258 e. The van der Waals surface area contributed by atoms with Crippen LogP contribution < -0.4 is 0 Å². The lowest BCUT2D eigenvalue weighted by Crippen LogP contribution is -1.90. The minimum absolute atomic E-state index is 0.111. The third kappa shape index (κ3) is 2.66. The second-order valence-corrected chi connectivity index (χ2v) is 4.98. The zero-order chi connectivity index (χ0) is 14.8. The highest BCUT2D eigenvalue weighted by Crippen LogP contribution is 2.33. The molecular formula is C17H11NO2S. The molecule has 0 bridgehead atoms. The number of hydrogen-bond acceptors (Lipinski definition) is 3. The Kier molecular flexibility index (Phi) is 3.46. The normalized spacial score (nSPS) is 14.2. The summed E-state index contributed by atoms with van der Waals surface area (Å²) in [6.07, 6.45) is 5.96. The van der Waals surface area contributed by atoms with Crippen LogP contribution in [0.4, 0.5) is 5.69 Å². The van der Waals surface area contributed by atoms with Gasteiger partial charge in [0.25, 0.3) is 5.69 Å². The van der Waals surface area contributed by atoms with Crippen LogP contribution in [0.1, 0.15) is 22.3 Å². The molecule has 21 heavy (non-hydrogen) atoms. The summed E-state index contributed by atoms with van der Waals surface area (Å²) in [7, 11) is 0. The Labute approximate surface area is 127 Å². The first kappa shape index (κ1) is 13.4. The van der Waals surface area contributed by atoms with Crippen molar-refractivity contribution in [2.45, 2.75) is 0 Å². The van der Waals surface area contributed by atoms with E-state index in [2.05, 4.69) is 0 Å². The van der Waals surface area contributed by atoms with Gasteiger partial charge in [-0.3, -0.25) is 10.1 Å². The second kappa shape index (κ2) is 5.42. The molecule has 0 aliphatic heterocycles. The molecule has 2 aromatic carbocycles. The highest BCUT2D eigenvalue weighted by atomic mass is 32.1. The van der Waals surface area contributed by atoms with Crippen molar-refractivity contribution in [1.29, 1.82) is 0 Å². The van der Waals surface area contributed by atoms with Crippen LogP contribution in [0, 0.1) is 10.1 Å². The van der Waals surface area contributed by atoms with Gasteiger partial charge in [0.1, 0.15) is 0 Å². The van der Waals surface area contributed by atoms with Crippen molar-refractivity contribution < 1.29 is 4.92 Å². The highest BCUT2D eigenvalue weighted by molar-refractivity contribution is 7.79. The zero-order valence-corrected chi connectivity index (χ0v) is 11.8. The number of nitrogens with zero attached hydrogens (tertiary/aromatic N) is 1. The molecule has 4 heteroatoms. The van der Waals surface area contributed by atoms with E-state index in [0.29, 0.717) is 0 Å². The van der Waals surface area contributed by atoms with Crippen LogP contribution in [0.5, 0.6) is 0 Å². The minimum atomic E-state index is -0.371.